The Balaban J connectivity index is 1.29. The Kier molecular flexibility index (Phi) is 6.18. The van der Waals surface area contributed by atoms with Crippen molar-refractivity contribution in [3.8, 4) is 0 Å². The van der Waals surface area contributed by atoms with Gasteiger partial charge in [0.15, 0.2) is 0 Å². The van der Waals surface area contributed by atoms with Gasteiger partial charge in [-0.2, -0.15) is 0 Å². The summed E-state index contributed by atoms with van der Waals surface area (Å²) in [5.41, 5.74) is 3.61. The number of aliphatic carboxylic acids is 1. The highest BCUT2D eigenvalue weighted by molar-refractivity contribution is 5.83. The molecule has 158 valence electrons. The second-order valence-electron chi connectivity index (χ2n) is 9.07. The minimum atomic E-state index is -0.784. The molecule has 1 aliphatic carbocycles. The smallest absolute Gasteiger partial charge is 0.317 e. The lowest BCUT2D eigenvalue weighted by molar-refractivity contribution is -0.150. The molecule has 4 rings (SSSR count). The van der Waals surface area contributed by atoms with Crippen LogP contribution in [0.15, 0.2) is 12.1 Å². The predicted molar refractivity (Wildman–Crippen MR) is 111 cm³/mol. The molecule has 2 fully saturated rings. The highest BCUT2D eigenvalue weighted by Crippen LogP contribution is 2.41. The first kappa shape index (κ1) is 20.3. The van der Waals surface area contributed by atoms with Crippen LogP contribution in [0.1, 0.15) is 61.9 Å². The number of carbonyl (C=O) groups excluding carboxylic acids is 1. The van der Waals surface area contributed by atoms with Gasteiger partial charge >= 0.3 is 5.97 Å². The predicted octanol–water partition coefficient (Wildman–Crippen LogP) is 2.68. The van der Waals surface area contributed by atoms with Crippen molar-refractivity contribution in [2.24, 2.45) is 5.41 Å². The number of carboxylic acid groups (broad SMARTS) is 1. The summed E-state index contributed by atoms with van der Waals surface area (Å²) in [6.45, 7) is 3.17. The molecule has 0 atom stereocenters. The van der Waals surface area contributed by atoms with Gasteiger partial charge in [-0.15, -0.1) is 0 Å². The largest absolute Gasteiger partial charge is 0.480 e. The van der Waals surface area contributed by atoms with Gasteiger partial charge in [-0.1, -0.05) is 6.07 Å². The van der Waals surface area contributed by atoms with E-state index >= 15 is 0 Å². The first-order valence-electron chi connectivity index (χ1n) is 11.3. The van der Waals surface area contributed by atoms with Gasteiger partial charge in [0.2, 0.25) is 5.91 Å². The van der Waals surface area contributed by atoms with E-state index < -0.39 is 5.97 Å². The van der Waals surface area contributed by atoms with E-state index in [4.69, 9.17) is 10.1 Å². The summed E-state index contributed by atoms with van der Waals surface area (Å²) < 4.78 is 0. The third-order valence-electron chi connectivity index (χ3n) is 7.09. The molecule has 29 heavy (non-hydrogen) atoms. The van der Waals surface area contributed by atoms with Crippen LogP contribution >= 0.6 is 0 Å². The molecular formula is C23H33N3O3. The molecule has 2 saturated heterocycles. The number of pyridine rings is 1. The van der Waals surface area contributed by atoms with Gasteiger partial charge in [0, 0.05) is 24.5 Å². The summed E-state index contributed by atoms with van der Waals surface area (Å²) in [4.78, 5) is 33.1. The van der Waals surface area contributed by atoms with Gasteiger partial charge in [0.25, 0.3) is 0 Å². The number of carboxylic acids is 1. The lowest BCUT2D eigenvalue weighted by Gasteiger charge is -2.46. The minimum absolute atomic E-state index is 0.0851. The Morgan fingerprint density at radius 3 is 2.66 bits per heavy atom. The minimum Gasteiger partial charge on any atom is -0.480 e. The molecule has 1 aromatic rings. The Hall–Kier alpha value is -1.95. The van der Waals surface area contributed by atoms with E-state index in [-0.39, 0.29) is 12.0 Å². The summed E-state index contributed by atoms with van der Waals surface area (Å²) in [6, 6.07) is 4.42. The van der Waals surface area contributed by atoms with Gasteiger partial charge < -0.3 is 10.0 Å². The molecule has 0 radical (unpaired) electrons. The maximum absolute atomic E-state index is 13.2. The fourth-order valence-corrected chi connectivity index (χ4v) is 5.38. The zero-order valence-corrected chi connectivity index (χ0v) is 17.4. The third-order valence-corrected chi connectivity index (χ3v) is 7.09. The van der Waals surface area contributed by atoms with Crippen LogP contribution in [-0.4, -0.2) is 64.5 Å². The zero-order valence-electron chi connectivity index (χ0n) is 17.4. The molecule has 6 heteroatoms. The van der Waals surface area contributed by atoms with E-state index in [9.17, 15) is 9.59 Å². The van der Waals surface area contributed by atoms with E-state index in [0.717, 1.165) is 70.2 Å². The van der Waals surface area contributed by atoms with E-state index in [2.05, 4.69) is 17.0 Å². The van der Waals surface area contributed by atoms with E-state index in [1.165, 1.54) is 24.1 Å². The number of rotatable bonds is 6. The number of piperidine rings is 2. The lowest BCUT2D eigenvalue weighted by atomic mass is 9.71. The average Bonchev–Trinajstić information content (AvgIpc) is 2.72. The molecule has 3 aliphatic rings. The van der Waals surface area contributed by atoms with Crippen LogP contribution in [0, 0.1) is 5.41 Å². The molecule has 6 nitrogen and oxygen atoms in total. The summed E-state index contributed by atoms with van der Waals surface area (Å²) in [5, 5.41) is 9.00. The number of nitrogens with zero attached hydrogens (tertiary/aromatic N) is 3. The number of hydrogen-bond acceptors (Lipinski definition) is 4. The van der Waals surface area contributed by atoms with Crippen molar-refractivity contribution in [3.05, 3.63) is 29.1 Å². The highest BCUT2D eigenvalue weighted by Gasteiger charge is 2.45. The van der Waals surface area contributed by atoms with Crippen LogP contribution in [0.3, 0.4) is 0 Å². The fourth-order valence-electron chi connectivity index (χ4n) is 5.38. The highest BCUT2D eigenvalue weighted by atomic mass is 16.4. The van der Waals surface area contributed by atoms with Gasteiger partial charge in [-0.25, -0.2) is 0 Å². The maximum Gasteiger partial charge on any atom is 0.317 e. The number of amides is 1. The molecule has 1 aromatic heterocycles. The quantitative estimate of drug-likeness (QED) is 0.796. The molecule has 0 aromatic carbocycles. The number of hydrogen-bond donors (Lipinski definition) is 1. The molecule has 0 unspecified atom stereocenters. The van der Waals surface area contributed by atoms with Crippen molar-refractivity contribution in [2.45, 2.75) is 64.2 Å². The van der Waals surface area contributed by atoms with E-state index in [1.807, 2.05) is 4.90 Å². The third kappa shape index (κ3) is 4.63. The number of likely N-dealkylation sites (tertiary alicyclic amines) is 2. The maximum atomic E-state index is 13.2. The molecular weight excluding hydrogens is 366 g/mol. The molecule has 1 amide bonds. The average molecular weight is 400 g/mol. The molecule has 2 aliphatic heterocycles. The Morgan fingerprint density at radius 2 is 1.86 bits per heavy atom. The lowest BCUT2D eigenvalue weighted by Crippen LogP contribution is -2.54. The molecule has 3 heterocycles. The van der Waals surface area contributed by atoms with E-state index in [1.54, 1.807) is 0 Å². The monoisotopic (exact) mass is 399 g/mol. The Labute approximate surface area is 173 Å². The Bertz CT molecular complexity index is 756. The van der Waals surface area contributed by atoms with Crippen LogP contribution in [-0.2, 0) is 28.9 Å². The molecule has 1 N–H and O–H groups in total. The van der Waals surface area contributed by atoms with Crippen LogP contribution in [0.5, 0.6) is 0 Å². The topological polar surface area (TPSA) is 73.7 Å². The number of fused-ring (bicyclic) bond motifs is 1. The summed E-state index contributed by atoms with van der Waals surface area (Å²) in [5.74, 6) is -0.481. The summed E-state index contributed by atoms with van der Waals surface area (Å²) in [7, 11) is 0. The standard InChI is InChI=1S/C23H33N3O3/c27-21(28)17-25-15-11-23(12-16-25)10-4-14-26(22(23)29)13-3-6-19-9-8-18-5-1-2-7-20(18)24-19/h8-9H,1-7,10-17H2,(H,27,28). The van der Waals surface area contributed by atoms with Gasteiger partial charge in [0.1, 0.15) is 0 Å². The second-order valence-corrected chi connectivity index (χ2v) is 9.07. The van der Waals surface area contributed by atoms with Crippen LogP contribution in [0.4, 0.5) is 0 Å². The Morgan fingerprint density at radius 1 is 1.07 bits per heavy atom. The van der Waals surface area contributed by atoms with Gasteiger partial charge in [0.05, 0.1) is 12.0 Å². The normalized spacial score (nSPS) is 21.9. The van der Waals surface area contributed by atoms with Crippen molar-refractivity contribution < 1.29 is 14.7 Å². The number of aromatic nitrogens is 1. The first-order valence-corrected chi connectivity index (χ1v) is 11.3. The first-order chi connectivity index (χ1) is 14.1. The molecule has 0 bridgehead atoms. The SMILES string of the molecule is O=C(O)CN1CCC2(CCCN(CCCc3ccc4c(n3)CCCC4)C2=O)CC1. The summed E-state index contributed by atoms with van der Waals surface area (Å²) in [6.07, 6.45) is 10.3. The second kappa shape index (κ2) is 8.82. The van der Waals surface area contributed by atoms with Crippen molar-refractivity contribution >= 4 is 11.9 Å². The van der Waals surface area contributed by atoms with Crippen LogP contribution < -0.4 is 0 Å². The van der Waals surface area contributed by atoms with Gasteiger partial charge in [-0.3, -0.25) is 19.5 Å². The van der Waals surface area contributed by atoms with Crippen molar-refractivity contribution in [1.82, 2.24) is 14.8 Å². The van der Waals surface area contributed by atoms with Crippen LogP contribution in [0.25, 0.3) is 0 Å². The van der Waals surface area contributed by atoms with Crippen molar-refractivity contribution in [2.75, 3.05) is 32.7 Å². The zero-order chi connectivity index (χ0) is 20.3. The van der Waals surface area contributed by atoms with Crippen LogP contribution in [0.2, 0.25) is 0 Å². The van der Waals surface area contributed by atoms with Crippen molar-refractivity contribution in [3.63, 3.8) is 0 Å². The molecule has 0 saturated carbocycles. The van der Waals surface area contributed by atoms with Crippen molar-refractivity contribution in [1.29, 1.82) is 0 Å². The summed E-state index contributed by atoms with van der Waals surface area (Å²) >= 11 is 0. The van der Waals surface area contributed by atoms with E-state index in [0.29, 0.717) is 19.0 Å². The number of carbonyl (C=O) groups is 2. The number of aryl methyl sites for hydroxylation is 3. The fraction of sp³-hybridized carbons (Fsp3) is 0.696. The van der Waals surface area contributed by atoms with Gasteiger partial charge in [-0.05, 0) is 88.9 Å². The molecule has 1 spiro atoms.